The zero-order valence-electron chi connectivity index (χ0n) is 15.0. The molecule has 0 radical (unpaired) electrons. The van der Waals surface area contributed by atoms with Gasteiger partial charge in [0.25, 0.3) is 0 Å². The zero-order chi connectivity index (χ0) is 17.5. The lowest BCUT2D eigenvalue weighted by Crippen LogP contribution is -2.49. The van der Waals surface area contributed by atoms with E-state index in [1.165, 1.54) is 12.5 Å². The first kappa shape index (κ1) is 18.3. The highest BCUT2D eigenvalue weighted by molar-refractivity contribution is 5.76. The van der Waals surface area contributed by atoms with Gasteiger partial charge in [-0.05, 0) is 50.3 Å². The summed E-state index contributed by atoms with van der Waals surface area (Å²) in [6.45, 7) is 5.18. The summed E-state index contributed by atoms with van der Waals surface area (Å²) in [6, 6.07) is 7.00. The molecule has 2 aliphatic heterocycles. The van der Waals surface area contributed by atoms with Gasteiger partial charge in [-0.3, -0.25) is 9.69 Å². The van der Waals surface area contributed by atoms with E-state index in [1.54, 1.807) is 6.07 Å². The van der Waals surface area contributed by atoms with Crippen molar-refractivity contribution >= 4 is 5.91 Å². The first-order valence-corrected chi connectivity index (χ1v) is 9.57. The summed E-state index contributed by atoms with van der Waals surface area (Å²) >= 11 is 0. The minimum Gasteiger partial charge on any atom is -0.378 e. The molecule has 0 N–H and O–H groups in total. The Morgan fingerprint density at radius 2 is 1.96 bits per heavy atom. The summed E-state index contributed by atoms with van der Waals surface area (Å²) < 4.78 is 19.3. The van der Waals surface area contributed by atoms with E-state index in [0.29, 0.717) is 6.42 Å². The standard InChI is InChI=1S/C20H29FN2O2/c21-19-9-2-1-6-17(19)7-5-10-22-11-13-23(14-12-22)20(24)16-18-8-3-4-15-25-18/h1-2,6,9,18H,3-5,7-8,10-16H2. The predicted molar refractivity (Wildman–Crippen MR) is 95.9 cm³/mol. The lowest BCUT2D eigenvalue weighted by atomic mass is 10.1. The number of rotatable bonds is 6. The Kier molecular flexibility index (Phi) is 6.82. The summed E-state index contributed by atoms with van der Waals surface area (Å²) in [5, 5.41) is 0. The van der Waals surface area contributed by atoms with Crippen LogP contribution in [0.2, 0.25) is 0 Å². The number of piperazine rings is 1. The number of ether oxygens (including phenoxy) is 1. The van der Waals surface area contributed by atoms with E-state index in [0.717, 1.165) is 70.6 Å². The Balaban J connectivity index is 1.34. The Labute approximate surface area is 149 Å². The van der Waals surface area contributed by atoms with Crippen LogP contribution in [0.25, 0.3) is 0 Å². The lowest BCUT2D eigenvalue weighted by Gasteiger charge is -2.35. The van der Waals surface area contributed by atoms with Gasteiger partial charge >= 0.3 is 0 Å². The second-order valence-electron chi connectivity index (χ2n) is 7.11. The van der Waals surface area contributed by atoms with Crippen LogP contribution in [-0.2, 0) is 16.0 Å². The van der Waals surface area contributed by atoms with Crippen molar-refractivity contribution < 1.29 is 13.9 Å². The summed E-state index contributed by atoms with van der Waals surface area (Å²) in [4.78, 5) is 16.7. The van der Waals surface area contributed by atoms with Gasteiger partial charge in [-0.15, -0.1) is 0 Å². The SMILES string of the molecule is O=C(CC1CCCCO1)N1CCN(CCCc2ccccc2F)CC1. The molecule has 0 bridgehead atoms. The molecule has 4 nitrogen and oxygen atoms in total. The molecule has 5 heteroatoms. The monoisotopic (exact) mass is 348 g/mol. The van der Waals surface area contributed by atoms with E-state index < -0.39 is 0 Å². The highest BCUT2D eigenvalue weighted by atomic mass is 19.1. The van der Waals surface area contributed by atoms with E-state index in [1.807, 2.05) is 17.0 Å². The largest absolute Gasteiger partial charge is 0.378 e. The van der Waals surface area contributed by atoms with Crippen molar-refractivity contribution in [3.8, 4) is 0 Å². The first-order valence-electron chi connectivity index (χ1n) is 9.57. The minimum absolute atomic E-state index is 0.108. The summed E-state index contributed by atoms with van der Waals surface area (Å²) in [5.41, 5.74) is 0.795. The molecule has 0 aromatic heterocycles. The molecule has 2 fully saturated rings. The number of benzene rings is 1. The summed E-state index contributed by atoms with van der Waals surface area (Å²) in [5.74, 6) is 0.126. The molecule has 1 aromatic carbocycles. The Morgan fingerprint density at radius 3 is 2.68 bits per heavy atom. The third-order valence-corrected chi connectivity index (χ3v) is 5.28. The van der Waals surface area contributed by atoms with Crippen molar-refractivity contribution in [2.45, 2.75) is 44.6 Å². The highest BCUT2D eigenvalue weighted by Crippen LogP contribution is 2.17. The van der Waals surface area contributed by atoms with Gasteiger partial charge in [0.05, 0.1) is 12.5 Å². The average Bonchev–Trinajstić information content (AvgIpc) is 2.65. The molecule has 1 unspecified atom stereocenters. The number of halogens is 1. The van der Waals surface area contributed by atoms with Crippen molar-refractivity contribution in [2.75, 3.05) is 39.3 Å². The normalized spacial score (nSPS) is 22.1. The van der Waals surface area contributed by atoms with Crippen LogP contribution in [0.3, 0.4) is 0 Å². The molecule has 1 amide bonds. The molecule has 138 valence electrons. The summed E-state index contributed by atoms with van der Waals surface area (Å²) in [7, 11) is 0. The van der Waals surface area contributed by atoms with Crippen LogP contribution in [0.15, 0.2) is 24.3 Å². The van der Waals surface area contributed by atoms with Crippen LogP contribution in [0.5, 0.6) is 0 Å². The third-order valence-electron chi connectivity index (χ3n) is 5.28. The Morgan fingerprint density at radius 1 is 1.16 bits per heavy atom. The minimum atomic E-state index is -0.108. The van der Waals surface area contributed by atoms with Crippen LogP contribution < -0.4 is 0 Å². The highest BCUT2D eigenvalue weighted by Gasteiger charge is 2.24. The quantitative estimate of drug-likeness (QED) is 0.792. The van der Waals surface area contributed by atoms with Gasteiger partial charge < -0.3 is 9.64 Å². The lowest BCUT2D eigenvalue weighted by molar-refractivity contribution is -0.136. The van der Waals surface area contributed by atoms with Gasteiger partial charge in [0.15, 0.2) is 0 Å². The van der Waals surface area contributed by atoms with Gasteiger partial charge in [0.1, 0.15) is 5.82 Å². The molecule has 0 aliphatic carbocycles. The number of amides is 1. The molecule has 2 saturated heterocycles. The van der Waals surface area contributed by atoms with E-state index in [-0.39, 0.29) is 17.8 Å². The molecule has 0 spiro atoms. The number of nitrogens with zero attached hydrogens (tertiary/aromatic N) is 2. The molecule has 3 rings (SSSR count). The smallest absolute Gasteiger partial charge is 0.225 e. The number of hydrogen-bond donors (Lipinski definition) is 0. The second kappa shape index (κ2) is 9.30. The molecule has 2 aliphatic rings. The van der Waals surface area contributed by atoms with Crippen molar-refractivity contribution in [1.82, 2.24) is 9.80 Å². The van der Waals surface area contributed by atoms with Crippen LogP contribution in [0, 0.1) is 5.82 Å². The second-order valence-corrected chi connectivity index (χ2v) is 7.11. The molecular weight excluding hydrogens is 319 g/mol. The van der Waals surface area contributed by atoms with E-state index >= 15 is 0 Å². The van der Waals surface area contributed by atoms with E-state index in [4.69, 9.17) is 4.74 Å². The van der Waals surface area contributed by atoms with E-state index in [2.05, 4.69) is 4.90 Å². The van der Waals surface area contributed by atoms with Gasteiger partial charge in [-0.25, -0.2) is 4.39 Å². The number of aryl methyl sites for hydroxylation is 1. The van der Waals surface area contributed by atoms with Gasteiger partial charge in [-0.1, -0.05) is 18.2 Å². The van der Waals surface area contributed by atoms with Crippen LogP contribution in [0.4, 0.5) is 4.39 Å². The fourth-order valence-electron chi connectivity index (χ4n) is 3.71. The van der Waals surface area contributed by atoms with Gasteiger partial charge in [0.2, 0.25) is 5.91 Å². The third kappa shape index (κ3) is 5.51. The molecule has 1 atom stereocenters. The summed E-state index contributed by atoms with van der Waals surface area (Å²) in [6.07, 6.45) is 5.69. The first-order chi connectivity index (χ1) is 12.2. The average molecular weight is 348 g/mol. The molecule has 1 aromatic rings. The number of hydrogen-bond acceptors (Lipinski definition) is 3. The molecular formula is C20H29FN2O2. The van der Waals surface area contributed by atoms with Crippen LogP contribution in [0.1, 0.15) is 37.7 Å². The van der Waals surface area contributed by atoms with Gasteiger partial charge in [-0.2, -0.15) is 0 Å². The number of carbonyl (C=O) groups is 1. The number of carbonyl (C=O) groups excluding carboxylic acids is 1. The fraction of sp³-hybridized carbons (Fsp3) is 0.650. The molecule has 2 heterocycles. The molecule has 0 saturated carbocycles. The zero-order valence-corrected chi connectivity index (χ0v) is 15.0. The van der Waals surface area contributed by atoms with Crippen molar-refractivity contribution in [3.63, 3.8) is 0 Å². The molecule has 25 heavy (non-hydrogen) atoms. The topological polar surface area (TPSA) is 32.8 Å². The maximum atomic E-state index is 13.6. The fourth-order valence-corrected chi connectivity index (χ4v) is 3.71. The Hall–Kier alpha value is -1.46. The van der Waals surface area contributed by atoms with Crippen LogP contribution >= 0.6 is 0 Å². The van der Waals surface area contributed by atoms with Crippen molar-refractivity contribution in [2.24, 2.45) is 0 Å². The van der Waals surface area contributed by atoms with Crippen LogP contribution in [-0.4, -0.2) is 61.1 Å². The van der Waals surface area contributed by atoms with E-state index in [9.17, 15) is 9.18 Å². The predicted octanol–water partition coefficient (Wildman–Crippen LogP) is 2.86. The van der Waals surface area contributed by atoms with Crippen molar-refractivity contribution in [3.05, 3.63) is 35.6 Å². The maximum absolute atomic E-state index is 13.6. The van der Waals surface area contributed by atoms with Crippen molar-refractivity contribution in [1.29, 1.82) is 0 Å². The van der Waals surface area contributed by atoms with Gasteiger partial charge in [0, 0.05) is 32.8 Å². The maximum Gasteiger partial charge on any atom is 0.225 e. The Bertz CT molecular complexity index is 552.